The number of anilines is 2. The maximum atomic E-state index is 12.1. The van der Waals surface area contributed by atoms with Crippen molar-refractivity contribution in [1.82, 2.24) is 15.0 Å². The maximum absolute atomic E-state index is 12.1. The minimum Gasteiger partial charge on any atom is -0.382 e. The zero-order valence-corrected chi connectivity index (χ0v) is 11.9. The van der Waals surface area contributed by atoms with Crippen molar-refractivity contribution in [3.8, 4) is 0 Å². The lowest BCUT2D eigenvalue weighted by molar-refractivity contribution is 0.0982. The van der Waals surface area contributed by atoms with Crippen LogP contribution in [0.25, 0.3) is 11.0 Å². The lowest BCUT2D eigenvalue weighted by Gasteiger charge is -2.05. The van der Waals surface area contributed by atoms with Crippen LogP contribution in [0.4, 0.5) is 11.8 Å². The number of hydrogen-bond donors (Lipinski definition) is 2. The Kier molecular flexibility index (Phi) is 3.65. The second kappa shape index (κ2) is 5.77. The lowest BCUT2D eigenvalue weighted by atomic mass is 10.1. The summed E-state index contributed by atoms with van der Waals surface area (Å²) in [4.78, 5) is 24.5. The fraction of sp³-hybridized carbons (Fsp3) is 0.125. The number of nitrogens with zero attached hydrogens (tertiary/aromatic N) is 3. The fourth-order valence-electron chi connectivity index (χ4n) is 2.24. The van der Waals surface area contributed by atoms with Gasteiger partial charge in [0, 0.05) is 17.7 Å². The number of aromatic nitrogens is 3. The number of benzene rings is 1. The summed E-state index contributed by atoms with van der Waals surface area (Å²) in [5.74, 6) is 0.460. The van der Waals surface area contributed by atoms with Gasteiger partial charge < -0.3 is 11.5 Å². The van der Waals surface area contributed by atoms with Gasteiger partial charge in [-0.1, -0.05) is 30.3 Å². The van der Waals surface area contributed by atoms with Gasteiger partial charge in [0.15, 0.2) is 11.6 Å². The molecule has 0 radical (unpaired) electrons. The minimum absolute atomic E-state index is 0.0871. The zero-order valence-electron chi connectivity index (χ0n) is 11.9. The summed E-state index contributed by atoms with van der Waals surface area (Å²) in [5.41, 5.74) is 14.0. The number of hydrogen-bond acceptors (Lipinski definition) is 6. The Hall–Kier alpha value is -3.02. The Balaban J connectivity index is 1.79. The van der Waals surface area contributed by atoms with E-state index in [1.165, 1.54) is 0 Å². The molecule has 0 unspecified atom stereocenters. The van der Waals surface area contributed by atoms with E-state index in [4.69, 9.17) is 11.5 Å². The molecule has 0 atom stereocenters. The molecule has 0 aliphatic carbocycles. The van der Waals surface area contributed by atoms with Crippen LogP contribution in [0.15, 0.2) is 42.5 Å². The average molecular weight is 293 g/mol. The zero-order chi connectivity index (χ0) is 15.5. The van der Waals surface area contributed by atoms with E-state index >= 15 is 0 Å². The Bertz CT molecular complexity index is 833. The van der Waals surface area contributed by atoms with Crippen LogP contribution < -0.4 is 11.5 Å². The second-order valence-electron chi connectivity index (χ2n) is 4.93. The molecule has 0 saturated carbocycles. The molecule has 0 saturated heterocycles. The summed E-state index contributed by atoms with van der Waals surface area (Å²) in [5, 5.41) is 0. The number of ketones is 1. The van der Waals surface area contributed by atoms with Gasteiger partial charge in [-0.25, -0.2) is 9.97 Å². The monoisotopic (exact) mass is 293 g/mol. The smallest absolute Gasteiger partial charge is 0.222 e. The maximum Gasteiger partial charge on any atom is 0.222 e. The predicted molar refractivity (Wildman–Crippen MR) is 85.3 cm³/mol. The van der Waals surface area contributed by atoms with E-state index < -0.39 is 0 Å². The Morgan fingerprint density at radius 2 is 1.73 bits per heavy atom. The van der Waals surface area contributed by atoms with E-state index in [1.807, 2.05) is 36.4 Å². The normalized spacial score (nSPS) is 10.7. The topological polar surface area (TPSA) is 108 Å². The number of pyridine rings is 1. The van der Waals surface area contributed by atoms with Crippen LogP contribution in [-0.4, -0.2) is 20.7 Å². The standard InChI is InChI=1S/C16H15N5O/c17-15-14-12(20-16(18)21-15)8-6-11(19-14)7-9-13(22)10-4-2-1-3-5-10/h1-6,8H,7,9H2,(H4,17,18,20,21). The first-order valence-electron chi connectivity index (χ1n) is 6.90. The minimum atomic E-state index is 0.0871. The average Bonchev–Trinajstić information content (AvgIpc) is 2.53. The quantitative estimate of drug-likeness (QED) is 0.712. The highest BCUT2D eigenvalue weighted by atomic mass is 16.1. The van der Waals surface area contributed by atoms with Crippen LogP contribution in [0.1, 0.15) is 22.5 Å². The van der Waals surface area contributed by atoms with Gasteiger partial charge >= 0.3 is 0 Å². The first-order valence-corrected chi connectivity index (χ1v) is 6.90. The summed E-state index contributed by atoms with van der Waals surface area (Å²) in [7, 11) is 0. The fourth-order valence-corrected chi connectivity index (χ4v) is 2.24. The van der Waals surface area contributed by atoms with Crippen molar-refractivity contribution in [2.45, 2.75) is 12.8 Å². The first kappa shape index (κ1) is 13.9. The molecule has 2 aromatic heterocycles. The molecule has 3 rings (SSSR count). The van der Waals surface area contributed by atoms with Gasteiger partial charge in [-0.05, 0) is 18.6 Å². The van der Waals surface area contributed by atoms with Crippen LogP contribution in [0.2, 0.25) is 0 Å². The van der Waals surface area contributed by atoms with E-state index in [1.54, 1.807) is 6.07 Å². The summed E-state index contributed by atoms with van der Waals surface area (Å²) in [6.07, 6.45) is 0.922. The third kappa shape index (κ3) is 2.85. The predicted octanol–water partition coefficient (Wildman–Crippen LogP) is 2.00. The van der Waals surface area contributed by atoms with Gasteiger partial charge in [-0.2, -0.15) is 4.98 Å². The van der Waals surface area contributed by atoms with E-state index in [0.717, 1.165) is 5.69 Å². The van der Waals surface area contributed by atoms with Crippen LogP contribution in [0.3, 0.4) is 0 Å². The largest absolute Gasteiger partial charge is 0.382 e. The highest BCUT2D eigenvalue weighted by molar-refractivity contribution is 5.96. The molecule has 1 aromatic carbocycles. The van der Waals surface area contributed by atoms with Crippen molar-refractivity contribution in [3.05, 3.63) is 53.7 Å². The van der Waals surface area contributed by atoms with Crippen molar-refractivity contribution >= 4 is 28.6 Å². The number of carbonyl (C=O) groups is 1. The third-order valence-electron chi connectivity index (χ3n) is 3.35. The SMILES string of the molecule is Nc1nc(N)c2nc(CCC(=O)c3ccccc3)ccc2n1. The molecule has 6 heteroatoms. The molecule has 0 aliphatic heterocycles. The third-order valence-corrected chi connectivity index (χ3v) is 3.35. The van der Waals surface area contributed by atoms with E-state index in [-0.39, 0.29) is 17.5 Å². The number of fused-ring (bicyclic) bond motifs is 1. The highest BCUT2D eigenvalue weighted by Gasteiger charge is 2.09. The van der Waals surface area contributed by atoms with Gasteiger partial charge in [0.2, 0.25) is 5.95 Å². The molecule has 6 nitrogen and oxygen atoms in total. The Morgan fingerprint density at radius 1 is 0.955 bits per heavy atom. The molecule has 2 heterocycles. The number of Topliss-reactive ketones (excluding diaryl/α,β-unsaturated/α-hetero) is 1. The van der Waals surface area contributed by atoms with E-state index in [0.29, 0.717) is 29.4 Å². The van der Waals surface area contributed by atoms with Crippen LogP contribution in [0, 0.1) is 0 Å². The molecule has 0 aliphatic rings. The molecular formula is C16H15N5O. The van der Waals surface area contributed by atoms with Gasteiger partial charge in [0.1, 0.15) is 5.52 Å². The first-order chi connectivity index (χ1) is 10.6. The second-order valence-corrected chi connectivity index (χ2v) is 4.93. The molecule has 110 valence electrons. The number of carbonyl (C=O) groups excluding carboxylic acids is 1. The van der Waals surface area contributed by atoms with Gasteiger partial charge in [0.25, 0.3) is 0 Å². The molecule has 3 aromatic rings. The van der Waals surface area contributed by atoms with Gasteiger partial charge in [-0.15, -0.1) is 0 Å². The Labute approximate surface area is 127 Å². The Morgan fingerprint density at radius 3 is 2.50 bits per heavy atom. The molecule has 22 heavy (non-hydrogen) atoms. The lowest BCUT2D eigenvalue weighted by Crippen LogP contribution is -2.05. The van der Waals surface area contributed by atoms with Crippen molar-refractivity contribution < 1.29 is 4.79 Å². The number of rotatable bonds is 4. The molecule has 4 N–H and O–H groups in total. The van der Waals surface area contributed by atoms with Gasteiger partial charge in [0.05, 0.1) is 5.52 Å². The highest BCUT2D eigenvalue weighted by Crippen LogP contribution is 2.17. The molecule has 0 fully saturated rings. The van der Waals surface area contributed by atoms with Crippen molar-refractivity contribution in [1.29, 1.82) is 0 Å². The van der Waals surface area contributed by atoms with Crippen LogP contribution in [-0.2, 0) is 6.42 Å². The molecular weight excluding hydrogens is 278 g/mol. The summed E-state index contributed by atoms with van der Waals surface area (Å²) >= 11 is 0. The summed E-state index contributed by atoms with van der Waals surface area (Å²) in [6.45, 7) is 0. The van der Waals surface area contributed by atoms with Crippen LogP contribution in [0.5, 0.6) is 0 Å². The molecule has 0 spiro atoms. The molecule has 0 amide bonds. The van der Waals surface area contributed by atoms with E-state index in [9.17, 15) is 4.79 Å². The number of nitrogen functional groups attached to an aromatic ring is 2. The van der Waals surface area contributed by atoms with Crippen LogP contribution >= 0.6 is 0 Å². The number of nitrogens with two attached hydrogens (primary N) is 2. The van der Waals surface area contributed by atoms with Gasteiger partial charge in [-0.3, -0.25) is 4.79 Å². The van der Waals surface area contributed by atoms with E-state index in [2.05, 4.69) is 15.0 Å². The van der Waals surface area contributed by atoms with Crippen molar-refractivity contribution in [3.63, 3.8) is 0 Å². The van der Waals surface area contributed by atoms with Crippen molar-refractivity contribution in [2.75, 3.05) is 11.5 Å². The summed E-state index contributed by atoms with van der Waals surface area (Å²) in [6, 6.07) is 12.8. The summed E-state index contributed by atoms with van der Waals surface area (Å²) < 4.78 is 0. The number of aryl methyl sites for hydroxylation is 1. The van der Waals surface area contributed by atoms with Crippen molar-refractivity contribution in [2.24, 2.45) is 0 Å². The molecule has 0 bridgehead atoms.